The molecular weight excluding hydrogens is 230 g/mol. The smallest absolute Gasteiger partial charge is 0.119 e. The highest BCUT2D eigenvalue weighted by Crippen LogP contribution is 2.32. The number of rotatable bonds is 5. The van der Waals surface area contributed by atoms with Crippen LogP contribution in [0.25, 0.3) is 0 Å². The monoisotopic (exact) mass is 247 g/mol. The normalized spacial score (nSPS) is 12.4. The van der Waals surface area contributed by atoms with Crippen molar-refractivity contribution < 1.29 is 4.74 Å². The highest BCUT2D eigenvalue weighted by Gasteiger charge is 2.14. The molecule has 2 N–H and O–H groups in total. The van der Waals surface area contributed by atoms with Crippen molar-refractivity contribution in [2.45, 2.75) is 12.3 Å². The van der Waals surface area contributed by atoms with Gasteiger partial charge in [0.2, 0.25) is 0 Å². The molecule has 1 aromatic heterocycles. The molecule has 2 aromatic rings. The van der Waals surface area contributed by atoms with E-state index in [1.807, 2.05) is 12.1 Å². The third kappa shape index (κ3) is 2.87. The SMILES string of the molecule is COc1cccc(C(CCN)c2cccs2)c1. The molecule has 0 aliphatic heterocycles. The lowest BCUT2D eigenvalue weighted by atomic mass is 9.94. The number of benzene rings is 1. The van der Waals surface area contributed by atoms with E-state index in [1.165, 1.54) is 10.4 Å². The van der Waals surface area contributed by atoms with E-state index < -0.39 is 0 Å². The van der Waals surface area contributed by atoms with Crippen molar-refractivity contribution in [2.75, 3.05) is 13.7 Å². The van der Waals surface area contributed by atoms with Crippen LogP contribution in [-0.2, 0) is 0 Å². The van der Waals surface area contributed by atoms with Gasteiger partial charge in [0.05, 0.1) is 7.11 Å². The van der Waals surface area contributed by atoms with E-state index in [0.717, 1.165) is 12.2 Å². The van der Waals surface area contributed by atoms with Crippen LogP contribution < -0.4 is 10.5 Å². The van der Waals surface area contributed by atoms with Crippen LogP contribution in [0.1, 0.15) is 22.8 Å². The predicted octanol–water partition coefficient (Wildman–Crippen LogP) is 3.24. The summed E-state index contributed by atoms with van der Waals surface area (Å²) >= 11 is 1.78. The maximum atomic E-state index is 5.72. The predicted molar refractivity (Wildman–Crippen MR) is 72.8 cm³/mol. The zero-order chi connectivity index (χ0) is 12.1. The minimum Gasteiger partial charge on any atom is -0.497 e. The molecule has 17 heavy (non-hydrogen) atoms. The molecule has 0 bridgehead atoms. The van der Waals surface area contributed by atoms with Crippen LogP contribution in [0.15, 0.2) is 41.8 Å². The van der Waals surface area contributed by atoms with E-state index in [4.69, 9.17) is 10.5 Å². The summed E-state index contributed by atoms with van der Waals surface area (Å²) in [5, 5.41) is 2.11. The van der Waals surface area contributed by atoms with Gasteiger partial charge in [-0.25, -0.2) is 0 Å². The average Bonchev–Trinajstić information content (AvgIpc) is 2.89. The van der Waals surface area contributed by atoms with Gasteiger partial charge in [-0.1, -0.05) is 18.2 Å². The maximum absolute atomic E-state index is 5.72. The quantitative estimate of drug-likeness (QED) is 0.880. The van der Waals surface area contributed by atoms with Crippen molar-refractivity contribution in [1.29, 1.82) is 0 Å². The zero-order valence-corrected chi connectivity index (χ0v) is 10.7. The van der Waals surface area contributed by atoms with Gasteiger partial charge in [0.25, 0.3) is 0 Å². The number of ether oxygens (including phenoxy) is 1. The molecule has 90 valence electrons. The van der Waals surface area contributed by atoms with Gasteiger partial charge in [-0.05, 0) is 42.1 Å². The van der Waals surface area contributed by atoms with E-state index in [0.29, 0.717) is 12.5 Å². The van der Waals surface area contributed by atoms with Crippen molar-refractivity contribution in [3.8, 4) is 5.75 Å². The van der Waals surface area contributed by atoms with Gasteiger partial charge in [-0.2, -0.15) is 0 Å². The molecule has 0 radical (unpaired) electrons. The van der Waals surface area contributed by atoms with Crippen LogP contribution >= 0.6 is 11.3 Å². The lowest BCUT2D eigenvalue weighted by Crippen LogP contribution is -2.07. The molecule has 2 nitrogen and oxygen atoms in total. The van der Waals surface area contributed by atoms with Gasteiger partial charge in [0, 0.05) is 10.8 Å². The Balaban J connectivity index is 2.32. The molecule has 0 saturated carbocycles. The van der Waals surface area contributed by atoms with E-state index >= 15 is 0 Å². The van der Waals surface area contributed by atoms with Gasteiger partial charge in [-0.3, -0.25) is 0 Å². The molecule has 1 unspecified atom stereocenters. The first-order valence-electron chi connectivity index (χ1n) is 5.72. The molecular formula is C14H17NOS. The Morgan fingerprint density at radius 3 is 2.82 bits per heavy atom. The Morgan fingerprint density at radius 2 is 2.18 bits per heavy atom. The second-order valence-corrected chi connectivity index (χ2v) is 4.90. The van der Waals surface area contributed by atoms with E-state index in [9.17, 15) is 0 Å². The standard InChI is InChI=1S/C14H17NOS/c1-16-12-5-2-4-11(10-12)13(7-8-15)14-6-3-9-17-14/h2-6,9-10,13H,7-8,15H2,1H3. The summed E-state index contributed by atoms with van der Waals surface area (Å²) in [5.41, 5.74) is 6.99. The van der Waals surface area contributed by atoms with Crippen LogP contribution in [0.3, 0.4) is 0 Å². The molecule has 0 aliphatic rings. The minimum absolute atomic E-state index is 0.384. The second kappa shape index (κ2) is 5.84. The summed E-state index contributed by atoms with van der Waals surface area (Å²) in [6, 6.07) is 12.5. The van der Waals surface area contributed by atoms with E-state index in [1.54, 1.807) is 18.4 Å². The number of hydrogen-bond acceptors (Lipinski definition) is 3. The van der Waals surface area contributed by atoms with Crippen LogP contribution in [0.5, 0.6) is 5.75 Å². The van der Waals surface area contributed by atoms with Crippen LogP contribution in [0, 0.1) is 0 Å². The fraction of sp³-hybridized carbons (Fsp3) is 0.286. The Labute approximate surface area is 106 Å². The number of thiophene rings is 1. The maximum Gasteiger partial charge on any atom is 0.119 e. The molecule has 1 heterocycles. The van der Waals surface area contributed by atoms with Crippen molar-refractivity contribution in [3.05, 3.63) is 52.2 Å². The van der Waals surface area contributed by atoms with E-state index in [-0.39, 0.29) is 0 Å². The number of hydrogen-bond donors (Lipinski definition) is 1. The van der Waals surface area contributed by atoms with Crippen molar-refractivity contribution in [2.24, 2.45) is 5.73 Å². The second-order valence-electron chi connectivity index (χ2n) is 3.92. The Kier molecular flexibility index (Phi) is 4.18. The lowest BCUT2D eigenvalue weighted by Gasteiger charge is -2.15. The van der Waals surface area contributed by atoms with E-state index in [2.05, 4.69) is 29.6 Å². The average molecular weight is 247 g/mol. The summed E-state index contributed by atoms with van der Waals surface area (Å²) in [4.78, 5) is 1.36. The Morgan fingerprint density at radius 1 is 1.29 bits per heavy atom. The van der Waals surface area contributed by atoms with Crippen LogP contribution in [0.2, 0.25) is 0 Å². The Hall–Kier alpha value is -1.32. The molecule has 0 spiro atoms. The van der Waals surface area contributed by atoms with Gasteiger partial charge in [0.15, 0.2) is 0 Å². The highest BCUT2D eigenvalue weighted by molar-refractivity contribution is 7.10. The van der Waals surface area contributed by atoms with Gasteiger partial charge in [-0.15, -0.1) is 11.3 Å². The first kappa shape index (κ1) is 12.1. The highest BCUT2D eigenvalue weighted by atomic mass is 32.1. The third-order valence-electron chi connectivity index (χ3n) is 2.84. The van der Waals surface area contributed by atoms with Crippen LogP contribution in [-0.4, -0.2) is 13.7 Å². The Bertz CT molecular complexity index is 453. The molecule has 0 amide bonds. The molecule has 1 aromatic carbocycles. The fourth-order valence-electron chi connectivity index (χ4n) is 1.99. The molecule has 0 aliphatic carbocycles. The summed E-state index contributed by atoms with van der Waals surface area (Å²) in [6.07, 6.45) is 0.966. The summed E-state index contributed by atoms with van der Waals surface area (Å²) in [7, 11) is 1.70. The van der Waals surface area contributed by atoms with Crippen molar-refractivity contribution in [3.63, 3.8) is 0 Å². The fourth-order valence-corrected chi connectivity index (χ4v) is 2.88. The zero-order valence-electron chi connectivity index (χ0n) is 9.93. The largest absolute Gasteiger partial charge is 0.497 e. The van der Waals surface area contributed by atoms with Gasteiger partial charge in [0.1, 0.15) is 5.75 Å². The number of nitrogens with two attached hydrogens (primary N) is 1. The third-order valence-corrected chi connectivity index (χ3v) is 3.82. The van der Waals surface area contributed by atoms with Crippen LogP contribution in [0.4, 0.5) is 0 Å². The summed E-state index contributed by atoms with van der Waals surface area (Å²) in [5.74, 6) is 1.29. The molecule has 1 atom stereocenters. The summed E-state index contributed by atoms with van der Waals surface area (Å²) < 4.78 is 5.27. The first-order valence-corrected chi connectivity index (χ1v) is 6.60. The minimum atomic E-state index is 0.384. The number of methoxy groups -OCH3 is 1. The van der Waals surface area contributed by atoms with Crippen molar-refractivity contribution in [1.82, 2.24) is 0 Å². The molecule has 3 heteroatoms. The summed E-state index contributed by atoms with van der Waals surface area (Å²) in [6.45, 7) is 0.694. The van der Waals surface area contributed by atoms with Gasteiger partial charge < -0.3 is 10.5 Å². The molecule has 0 fully saturated rings. The van der Waals surface area contributed by atoms with Gasteiger partial charge >= 0.3 is 0 Å². The van der Waals surface area contributed by atoms with Crippen molar-refractivity contribution >= 4 is 11.3 Å². The topological polar surface area (TPSA) is 35.2 Å². The first-order chi connectivity index (χ1) is 8.35. The molecule has 0 saturated heterocycles. The molecule has 2 rings (SSSR count). The lowest BCUT2D eigenvalue weighted by molar-refractivity contribution is 0.414.